The van der Waals surface area contributed by atoms with Crippen molar-refractivity contribution < 1.29 is 4.74 Å². The highest BCUT2D eigenvalue weighted by atomic mass is 16.5. The number of likely N-dealkylation sites (tertiary alicyclic amines) is 1. The molecule has 4 nitrogen and oxygen atoms in total. The Morgan fingerprint density at radius 1 is 1.20 bits per heavy atom. The summed E-state index contributed by atoms with van der Waals surface area (Å²) in [7, 11) is 4.36. The molecule has 4 heteroatoms. The Morgan fingerprint density at radius 2 is 1.85 bits per heavy atom. The van der Waals surface area contributed by atoms with Crippen LogP contribution in [-0.2, 0) is 0 Å². The summed E-state index contributed by atoms with van der Waals surface area (Å²) >= 11 is 0. The van der Waals surface area contributed by atoms with Crippen molar-refractivity contribution in [3.05, 3.63) is 24.3 Å². The fraction of sp³-hybridized carbons (Fsp3) is 0.625. The molecule has 0 unspecified atom stereocenters. The summed E-state index contributed by atoms with van der Waals surface area (Å²) in [5, 5.41) is 0. The molecule has 1 aliphatic heterocycles. The average Bonchev–Trinajstić information content (AvgIpc) is 2.46. The lowest BCUT2D eigenvalue weighted by atomic mass is 10.0. The standard InChI is InChI=1S/C16H27N3O/c1-18(2)15-8-11-19(12-9-15)10-3-13-20-16-6-4-14(17)5-7-16/h4-7,15H,3,8-13,17H2,1-2H3. The van der Waals surface area contributed by atoms with Crippen molar-refractivity contribution in [1.82, 2.24) is 9.80 Å². The van der Waals surface area contributed by atoms with Crippen LogP contribution in [0, 0.1) is 0 Å². The predicted octanol–water partition coefficient (Wildman–Crippen LogP) is 2.06. The number of hydrogen-bond acceptors (Lipinski definition) is 4. The van der Waals surface area contributed by atoms with E-state index in [1.165, 1.54) is 25.9 Å². The number of hydrogen-bond donors (Lipinski definition) is 1. The van der Waals surface area contributed by atoms with Gasteiger partial charge < -0.3 is 20.3 Å². The average molecular weight is 277 g/mol. The molecule has 1 aromatic rings. The molecule has 0 bridgehead atoms. The van der Waals surface area contributed by atoms with Crippen molar-refractivity contribution >= 4 is 5.69 Å². The molecule has 20 heavy (non-hydrogen) atoms. The number of ether oxygens (including phenoxy) is 1. The predicted molar refractivity (Wildman–Crippen MR) is 84.1 cm³/mol. The fourth-order valence-electron chi connectivity index (χ4n) is 2.70. The van der Waals surface area contributed by atoms with Gasteiger partial charge in [0.1, 0.15) is 5.75 Å². The highest BCUT2D eigenvalue weighted by Gasteiger charge is 2.19. The van der Waals surface area contributed by atoms with Gasteiger partial charge in [0.15, 0.2) is 0 Å². The van der Waals surface area contributed by atoms with E-state index in [2.05, 4.69) is 23.9 Å². The van der Waals surface area contributed by atoms with Gasteiger partial charge in [0, 0.05) is 18.3 Å². The molecule has 0 amide bonds. The van der Waals surface area contributed by atoms with Crippen LogP contribution in [0.4, 0.5) is 5.69 Å². The van der Waals surface area contributed by atoms with Crippen molar-refractivity contribution in [3.8, 4) is 5.75 Å². The Kier molecular flexibility index (Phi) is 5.68. The molecule has 112 valence electrons. The maximum atomic E-state index is 5.72. The monoisotopic (exact) mass is 277 g/mol. The molecule has 1 aromatic carbocycles. The van der Waals surface area contributed by atoms with Crippen LogP contribution < -0.4 is 10.5 Å². The highest BCUT2D eigenvalue weighted by Crippen LogP contribution is 2.15. The van der Waals surface area contributed by atoms with Gasteiger partial charge in [-0.3, -0.25) is 0 Å². The third kappa shape index (κ3) is 4.69. The second-order valence-electron chi connectivity index (χ2n) is 5.81. The summed E-state index contributed by atoms with van der Waals surface area (Å²) in [4.78, 5) is 4.90. The molecule has 0 spiro atoms. The van der Waals surface area contributed by atoms with E-state index in [9.17, 15) is 0 Å². The zero-order valence-corrected chi connectivity index (χ0v) is 12.7. The first-order chi connectivity index (χ1) is 9.65. The van der Waals surface area contributed by atoms with Crippen LogP contribution in [-0.4, -0.2) is 56.2 Å². The summed E-state index contributed by atoms with van der Waals surface area (Å²) in [6, 6.07) is 8.37. The van der Waals surface area contributed by atoms with Gasteiger partial charge in [0.25, 0.3) is 0 Å². The van der Waals surface area contributed by atoms with Crippen molar-refractivity contribution in [2.45, 2.75) is 25.3 Å². The number of piperidine rings is 1. The Labute approximate surface area is 122 Å². The van der Waals surface area contributed by atoms with E-state index < -0.39 is 0 Å². The van der Waals surface area contributed by atoms with Gasteiger partial charge in [-0.25, -0.2) is 0 Å². The number of nitrogens with two attached hydrogens (primary N) is 1. The van der Waals surface area contributed by atoms with Crippen molar-refractivity contribution in [2.24, 2.45) is 0 Å². The van der Waals surface area contributed by atoms with Crippen molar-refractivity contribution in [2.75, 3.05) is 46.1 Å². The van der Waals surface area contributed by atoms with E-state index in [4.69, 9.17) is 10.5 Å². The third-order valence-electron chi connectivity index (χ3n) is 4.05. The lowest BCUT2D eigenvalue weighted by molar-refractivity contribution is 0.138. The summed E-state index contributed by atoms with van der Waals surface area (Å²) in [5.41, 5.74) is 6.42. The van der Waals surface area contributed by atoms with E-state index in [0.717, 1.165) is 37.1 Å². The molecule has 1 aliphatic rings. The molecule has 1 saturated heterocycles. The normalized spacial score (nSPS) is 17.6. The second-order valence-corrected chi connectivity index (χ2v) is 5.81. The molecule has 0 aromatic heterocycles. The first-order valence-electron chi connectivity index (χ1n) is 7.52. The largest absolute Gasteiger partial charge is 0.494 e. The minimum absolute atomic E-state index is 0.761. The Morgan fingerprint density at radius 3 is 2.45 bits per heavy atom. The van der Waals surface area contributed by atoms with E-state index in [1.54, 1.807) is 0 Å². The van der Waals surface area contributed by atoms with Gasteiger partial charge in [-0.2, -0.15) is 0 Å². The Bertz CT molecular complexity index is 383. The lowest BCUT2D eigenvalue weighted by Gasteiger charge is -2.35. The topological polar surface area (TPSA) is 41.7 Å². The summed E-state index contributed by atoms with van der Waals surface area (Å²) < 4.78 is 5.72. The number of nitrogens with zero attached hydrogens (tertiary/aromatic N) is 2. The van der Waals surface area contributed by atoms with Gasteiger partial charge in [-0.15, -0.1) is 0 Å². The maximum absolute atomic E-state index is 5.72. The molecule has 2 N–H and O–H groups in total. The van der Waals surface area contributed by atoms with Crippen LogP contribution in [0.3, 0.4) is 0 Å². The minimum atomic E-state index is 0.761. The zero-order chi connectivity index (χ0) is 14.4. The fourth-order valence-corrected chi connectivity index (χ4v) is 2.70. The van der Waals surface area contributed by atoms with E-state index >= 15 is 0 Å². The molecule has 1 heterocycles. The molecule has 0 atom stereocenters. The zero-order valence-electron chi connectivity index (χ0n) is 12.7. The van der Waals surface area contributed by atoms with Gasteiger partial charge in [-0.05, 0) is 70.7 Å². The molecular formula is C16H27N3O. The van der Waals surface area contributed by atoms with Crippen LogP contribution in [0.5, 0.6) is 5.75 Å². The molecule has 1 fully saturated rings. The molecular weight excluding hydrogens is 250 g/mol. The SMILES string of the molecule is CN(C)C1CCN(CCCOc2ccc(N)cc2)CC1. The van der Waals surface area contributed by atoms with Gasteiger partial charge >= 0.3 is 0 Å². The summed E-state index contributed by atoms with van der Waals surface area (Å²) in [6.07, 6.45) is 3.65. The molecule has 0 radical (unpaired) electrons. The lowest BCUT2D eigenvalue weighted by Crippen LogP contribution is -2.42. The number of rotatable bonds is 6. The number of benzene rings is 1. The summed E-state index contributed by atoms with van der Waals surface area (Å²) in [5.74, 6) is 0.908. The van der Waals surface area contributed by atoms with Gasteiger partial charge in [0.2, 0.25) is 0 Å². The van der Waals surface area contributed by atoms with Gasteiger partial charge in [-0.1, -0.05) is 0 Å². The van der Waals surface area contributed by atoms with Crippen LogP contribution in [0.2, 0.25) is 0 Å². The van der Waals surface area contributed by atoms with Crippen LogP contribution in [0.15, 0.2) is 24.3 Å². The van der Waals surface area contributed by atoms with Crippen LogP contribution in [0.1, 0.15) is 19.3 Å². The van der Waals surface area contributed by atoms with E-state index in [1.807, 2.05) is 24.3 Å². The first kappa shape index (κ1) is 15.1. The first-order valence-corrected chi connectivity index (χ1v) is 7.52. The Hall–Kier alpha value is -1.26. The van der Waals surface area contributed by atoms with Gasteiger partial charge in [0.05, 0.1) is 6.61 Å². The molecule has 0 saturated carbocycles. The smallest absolute Gasteiger partial charge is 0.119 e. The maximum Gasteiger partial charge on any atom is 0.119 e. The van der Waals surface area contributed by atoms with Crippen LogP contribution in [0.25, 0.3) is 0 Å². The second kappa shape index (κ2) is 7.50. The summed E-state index contributed by atoms with van der Waals surface area (Å²) in [6.45, 7) is 4.34. The highest BCUT2D eigenvalue weighted by molar-refractivity contribution is 5.41. The third-order valence-corrected chi connectivity index (χ3v) is 4.05. The van der Waals surface area contributed by atoms with E-state index in [0.29, 0.717) is 0 Å². The Balaban J connectivity index is 1.59. The molecule has 0 aliphatic carbocycles. The number of anilines is 1. The van der Waals surface area contributed by atoms with Crippen molar-refractivity contribution in [3.63, 3.8) is 0 Å². The van der Waals surface area contributed by atoms with Crippen LogP contribution >= 0.6 is 0 Å². The van der Waals surface area contributed by atoms with E-state index in [-0.39, 0.29) is 0 Å². The molecule has 2 rings (SSSR count). The quantitative estimate of drug-likeness (QED) is 0.638. The van der Waals surface area contributed by atoms with Crippen molar-refractivity contribution in [1.29, 1.82) is 0 Å². The number of nitrogen functional groups attached to an aromatic ring is 1. The minimum Gasteiger partial charge on any atom is -0.494 e.